The van der Waals surface area contributed by atoms with Crippen molar-refractivity contribution in [1.82, 2.24) is 0 Å². The van der Waals surface area contributed by atoms with Gasteiger partial charge in [-0.25, -0.2) is 0 Å². The SMILES string of the molecule is C/C=C(\SC)c1ccc(N)c(C)c1.CC.CC. The Morgan fingerprint density at radius 2 is 1.71 bits per heavy atom. The number of rotatable bonds is 2. The van der Waals surface area contributed by atoms with Crippen LogP contribution in [0.2, 0.25) is 0 Å². The number of nitrogen functional groups attached to an aromatic ring is 1. The molecule has 0 atom stereocenters. The molecule has 17 heavy (non-hydrogen) atoms. The summed E-state index contributed by atoms with van der Waals surface area (Å²) in [6, 6.07) is 6.15. The first-order valence-electron chi connectivity index (χ1n) is 6.26. The van der Waals surface area contributed by atoms with Crippen LogP contribution in [0.5, 0.6) is 0 Å². The van der Waals surface area contributed by atoms with Crippen LogP contribution in [-0.4, -0.2) is 6.26 Å². The Bertz CT molecular complexity index is 330. The van der Waals surface area contributed by atoms with Gasteiger partial charge in [-0.3, -0.25) is 0 Å². The molecule has 0 aromatic heterocycles. The van der Waals surface area contributed by atoms with E-state index in [0.717, 1.165) is 11.3 Å². The number of hydrogen-bond acceptors (Lipinski definition) is 2. The van der Waals surface area contributed by atoms with E-state index < -0.39 is 0 Å². The zero-order chi connectivity index (χ0) is 13.8. The van der Waals surface area contributed by atoms with Gasteiger partial charge in [-0.15, -0.1) is 11.8 Å². The van der Waals surface area contributed by atoms with Crippen LogP contribution in [0.1, 0.15) is 45.7 Å². The van der Waals surface area contributed by atoms with Crippen LogP contribution in [0.4, 0.5) is 5.69 Å². The lowest BCUT2D eigenvalue weighted by molar-refractivity contribution is 1.45. The van der Waals surface area contributed by atoms with Crippen molar-refractivity contribution >= 4 is 22.4 Å². The number of hydrogen-bond donors (Lipinski definition) is 1. The van der Waals surface area contributed by atoms with Gasteiger partial charge in [-0.2, -0.15) is 0 Å². The minimum Gasteiger partial charge on any atom is -0.399 e. The van der Waals surface area contributed by atoms with E-state index in [9.17, 15) is 0 Å². The molecule has 1 aromatic carbocycles. The van der Waals surface area contributed by atoms with Crippen molar-refractivity contribution in [2.75, 3.05) is 12.0 Å². The molecule has 0 saturated heterocycles. The molecule has 1 rings (SSSR count). The maximum Gasteiger partial charge on any atom is 0.0344 e. The van der Waals surface area contributed by atoms with E-state index in [4.69, 9.17) is 5.73 Å². The van der Waals surface area contributed by atoms with E-state index in [2.05, 4.69) is 31.4 Å². The van der Waals surface area contributed by atoms with Gasteiger partial charge in [0.05, 0.1) is 0 Å². The predicted molar refractivity (Wildman–Crippen MR) is 85.5 cm³/mol. The summed E-state index contributed by atoms with van der Waals surface area (Å²) >= 11 is 1.76. The molecule has 0 spiro atoms. The van der Waals surface area contributed by atoms with Crippen LogP contribution in [0.25, 0.3) is 4.91 Å². The molecule has 0 aliphatic heterocycles. The second kappa shape index (κ2) is 11.6. The Morgan fingerprint density at radius 1 is 1.18 bits per heavy atom. The first-order chi connectivity index (χ1) is 8.19. The molecule has 0 saturated carbocycles. The highest BCUT2D eigenvalue weighted by molar-refractivity contribution is 8.07. The molecule has 1 nitrogen and oxygen atoms in total. The van der Waals surface area contributed by atoms with E-state index in [1.54, 1.807) is 11.8 Å². The van der Waals surface area contributed by atoms with Gasteiger partial charge in [-0.1, -0.05) is 39.8 Å². The normalized spacial score (nSPS) is 9.71. The summed E-state index contributed by atoms with van der Waals surface area (Å²) < 4.78 is 0. The fraction of sp³-hybridized carbons (Fsp3) is 0.467. The molecule has 0 bridgehead atoms. The highest BCUT2D eigenvalue weighted by Crippen LogP contribution is 2.26. The van der Waals surface area contributed by atoms with Crippen molar-refractivity contribution in [3.63, 3.8) is 0 Å². The smallest absolute Gasteiger partial charge is 0.0344 e. The van der Waals surface area contributed by atoms with Crippen LogP contribution < -0.4 is 5.73 Å². The van der Waals surface area contributed by atoms with Crippen LogP contribution in [0.3, 0.4) is 0 Å². The van der Waals surface area contributed by atoms with E-state index in [0.29, 0.717) is 0 Å². The fourth-order valence-corrected chi connectivity index (χ4v) is 1.83. The molecule has 0 aliphatic carbocycles. The van der Waals surface area contributed by atoms with Crippen molar-refractivity contribution in [2.45, 2.75) is 41.5 Å². The molecule has 2 heteroatoms. The third-order valence-electron chi connectivity index (χ3n) is 2.04. The summed E-state index contributed by atoms with van der Waals surface area (Å²) in [7, 11) is 0. The average Bonchev–Trinajstić information content (AvgIpc) is 2.40. The van der Waals surface area contributed by atoms with Gasteiger partial charge < -0.3 is 5.73 Å². The second-order valence-corrected chi connectivity index (χ2v) is 3.78. The molecule has 0 heterocycles. The van der Waals surface area contributed by atoms with Crippen molar-refractivity contribution in [3.05, 3.63) is 35.4 Å². The van der Waals surface area contributed by atoms with E-state index in [1.807, 2.05) is 40.7 Å². The quantitative estimate of drug-likeness (QED) is 0.719. The molecular weight excluding hydrogens is 226 g/mol. The molecule has 0 amide bonds. The third kappa shape index (κ3) is 6.42. The zero-order valence-corrected chi connectivity index (χ0v) is 13.1. The Hall–Kier alpha value is -0.890. The summed E-state index contributed by atoms with van der Waals surface area (Å²) in [6.07, 6.45) is 4.21. The van der Waals surface area contributed by atoms with Crippen molar-refractivity contribution in [2.24, 2.45) is 0 Å². The lowest BCUT2D eigenvalue weighted by atomic mass is 10.1. The van der Waals surface area contributed by atoms with Crippen molar-refractivity contribution in [1.29, 1.82) is 0 Å². The highest BCUT2D eigenvalue weighted by atomic mass is 32.2. The second-order valence-electron chi connectivity index (χ2n) is 2.93. The lowest BCUT2D eigenvalue weighted by Gasteiger charge is -2.06. The number of allylic oxidation sites excluding steroid dienone is 1. The van der Waals surface area contributed by atoms with E-state index in [-0.39, 0.29) is 0 Å². The lowest BCUT2D eigenvalue weighted by Crippen LogP contribution is -1.90. The topological polar surface area (TPSA) is 26.0 Å². The first kappa shape index (κ1) is 18.5. The molecule has 0 fully saturated rings. The number of benzene rings is 1. The van der Waals surface area contributed by atoms with Crippen molar-refractivity contribution in [3.8, 4) is 0 Å². The third-order valence-corrected chi connectivity index (χ3v) is 2.95. The van der Waals surface area contributed by atoms with Crippen LogP contribution in [0, 0.1) is 6.92 Å². The summed E-state index contributed by atoms with van der Waals surface area (Å²) in [5.74, 6) is 0. The van der Waals surface area contributed by atoms with Gasteiger partial charge in [0.2, 0.25) is 0 Å². The van der Waals surface area contributed by atoms with Crippen LogP contribution >= 0.6 is 11.8 Å². The zero-order valence-electron chi connectivity index (χ0n) is 12.3. The standard InChI is InChI=1S/C11H15NS.2C2H6/c1-4-11(13-3)9-5-6-10(12)8(2)7-9;2*1-2/h4-7H,12H2,1-3H3;2*1-2H3/b11-4-;;. The van der Waals surface area contributed by atoms with E-state index in [1.165, 1.54) is 10.5 Å². The fourth-order valence-electron chi connectivity index (χ4n) is 1.23. The molecule has 98 valence electrons. The van der Waals surface area contributed by atoms with E-state index >= 15 is 0 Å². The maximum absolute atomic E-state index is 5.75. The summed E-state index contributed by atoms with van der Waals surface area (Å²) in [4.78, 5) is 1.29. The molecule has 0 unspecified atom stereocenters. The largest absolute Gasteiger partial charge is 0.399 e. The Morgan fingerprint density at radius 3 is 2.06 bits per heavy atom. The molecular formula is C15H27NS. The number of thioether (sulfide) groups is 1. The van der Waals surface area contributed by atoms with Crippen LogP contribution in [-0.2, 0) is 0 Å². The van der Waals surface area contributed by atoms with Gasteiger partial charge in [0, 0.05) is 10.6 Å². The van der Waals surface area contributed by atoms with Gasteiger partial charge in [0.15, 0.2) is 0 Å². The monoisotopic (exact) mass is 253 g/mol. The maximum atomic E-state index is 5.75. The average molecular weight is 253 g/mol. The molecule has 0 radical (unpaired) electrons. The molecule has 2 N–H and O–H groups in total. The highest BCUT2D eigenvalue weighted by Gasteiger charge is 2.00. The number of anilines is 1. The molecule has 0 aliphatic rings. The number of nitrogens with two attached hydrogens (primary N) is 1. The van der Waals surface area contributed by atoms with Gasteiger partial charge in [0.25, 0.3) is 0 Å². The summed E-state index contributed by atoms with van der Waals surface area (Å²) in [6.45, 7) is 12.1. The van der Waals surface area contributed by atoms with Gasteiger partial charge in [0.1, 0.15) is 0 Å². The first-order valence-corrected chi connectivity index (χ1v) is 7.48. The minimum absolute atomic E-state index is 0.861. The Labute approximate surface area is 112 Å². The predicted octanol–water partition coefficient (Wildman–Crippen LogP) is 5.35. The van der Waals surface area contributed by atoms with Gasteiger partial charge in [-0.05, 0) is 43.4 Å². The van der Waals surface area contributed by atoms with Crippen LogP contribution in [0.15, 0.2) is 24.3 Å². The molecule has 1 aromatic rings. The Kier molecular flexibility index (Phi) is 12.6. The minimum atomic E-state index is 0.861. The van der Waals surface area contributed by atoms with Gasteiger partial charge >= 0.3 is 0 Å². The van der Waals surface area contributed by atoms with Crippen molar-refractivity contribution < 1.29 is 0 Å². The number of aryl methyl sites for hydroxylation is 1. The summed E-state index contributed by atoms with van der Waals surface area (Å²) in [5, 5.41) is 0. The Balaban J connectivity index is 0. The summed E-state index contributed by atoms with van der Waals surface area (Å²) in [5.41, 5.74) is 9.00.